The Morgan fingerprint density at radius 1 is 1.24 bits per heavy atom. The van der Waals surface area contributed by atoms with Gasteiger partial charge in [0.05, 0.1) is 21.8 Å². The van der Waals surface area contributed by atoms with E-state index < -0.39 is 30.2 Å². The van der Waals surface area contributed by atoms with Crippen molar-refractivity contribution in [2.24, 2.45) is 0 Å². The quantitative estimate of drug-likeness (QED) is 0.759. The van der Waals surface area contributed by atoms with Crippen LogP contribution >= 0.6 is 22.9 Å². The Bertz CT molecular complexity index is 817. The SMILES string of the molecule is Cc1cc(C(=O)OCC(=O)Nc2cc(C(F)(F)F)ccc2Cl)c(C)s1. The average molecular weight is 392 g/mol. The molecule has 0 unspecified atom stereocenters. The zero-order valence-corrected chi connectivity index (χ0v) is 14.7. The van der Waals surface area contributed by atoms with E-state index in [1.807, 2.05) is 6.92 Å². The molecule has 0 bridgehead atoms. The summed E-state index contributed by atoms with van der Waals surface area (Å²) in [6.07, 6.45) is -4.56. The lowest BCUT2D eigenvalue weighted by molar-refractivity contribution is -0.137. The van der Waals surface area contributed by atoms with E-state index in [4.69, 9.17) is 16.3 Å². The molecule has 1 aromatic carbocycles. The van der Waals surface area contributed by atoms with Gasteiger partial charge in [0.15, 0.2) is 6.61 Å². The highest BCUT2D eigenvalue weighted by molar-refractivity contribution is 7.12. The first-order valence-corrected chi connectivity index (χ1v) is 8.18. The van der Waals surface area contributed by atoms with Gasteiger partial charge in [-0.1, -0.05) is 11.6 Å². The van der Waals surface area contributed by atoms with Crippen molar-refractivity contribution in [1.29, 1.82) is 0 Å². The van der Waals surface area contributed by atoms with Gasteiger partial charge in [-0.25, -0.2) is 4.79 Å². The van der Waals surface area contributed by atoms with Crippen LogP contribution in [0.4, 0.5) is 18.9 Å². The summed E-state index contributed by atoms with van der Waals surface area (Å²) in [5, 5.41) is 2.15. The molecule has 2 aromatic rings. The highest BCUT2D eigenvalue weighted by Gasteiger charge is 2.31. The number of nitrogens with one attached hydrogen (secondary N) is 1. The molecule has 4 nitrogen and oxygen atoms in total. The predicted molar refractivity (Wildman–Crippen MR) is 89.2 cm³/mol. The Hall–Kier alpha value is -2.06. The molecule has 9 heteroatoms. The molecule has 1 aromatic heterocycles. The first-order chi connectivity index (χ1) is 11.6. The van der Waals surface area contributed by atoms with Crippen molar-refractivity contribution in [3.63, 3.8) is 0 Å². The normalized spacial score (nSPS) is 11.3. The number of carbonyl (C=O) groups excluding carboxylic acids is 2. The Labute approximate surface area is 150 Å². The molecular formula is C16H13ClF3NO3S. The fraction of sp³-hybridized carbons (Fsp3) is 0.250. The predicted octanol–water partition coefficient (Wildman–Crippen LogP) is 4.83. The topological polar surface area (TPSA) is 55.4 Å². The lowest BCUT2D eigenvalue weighted by Gasteiger charge is -2.11. The maximum Gasteiger partial charge on any atom is 0.416 e. The molecule has 0 spiro atoms. The minimum Gasteiger partial charge on any atom is -0.452 e. The summed E-state index contributed by atoms with van der Waals surface area (Å²) >= 11 is 7.20. The largest absolute Gasteiger partial charge is 0.452 e. The summed E-state index contributed by atoms with van der Waals surface area (Å²) in [4.78, 5) is 25.4. The second-order valence-electron chi connectivity index (χ2n) is 5.14. The number of anilines is 1. The van der Waals surface area contributed by atoms with Gasteiger partial charge in [0, 0.05) is 9.75 Å². The molecule has 0 saturated heterocycles. The molecule has 0 aliphatic carbocycles. The second kappa shape index (κ2) is 7.45. The van der Waals surface area contributed by atoms with Crippen LogP contribution < -0.4 is 5.32 Å². The highest BCUT2D eigenvalue weighted by Crippen LogP contribution is 2.33. The minimum absolute atomic E-state index is 0.0584. The molecule has 0 saturated carbocycles. The number of esters is 1. The zero-order chi connectivity index (χ0) is 18.8. The van der Waals surface area contributed by atoms with E-state index in [1.54, 1.807) is 13.0 Å². The van der Waals surface area contributed by atoms with Crippen molar-refractivity contribution in [3.05, 3.63) is 50.2 Å². The first kappa shape index (κ1) is 19.3. The molecule has 0 atom stereocenters. The number of hydrogen-bond acceptors (Lipinski definition) is 4. The minimum atomic E-state index is -4.56. The lowest BCUT2D eigenvalue weighted by Crippen LogP contribution is -2.21. The lowest BCUT2D eigenvalue weighted by atomic mass is 10.2. The third-order valence-electron chi connectivity index (χ3n) is 3.16. The summed E-state index contributed by atoms with van der Waals surface area (Å²) in [7, 11) is 0. The summed E-state index contributed by atoms with van der Waals surface area (Å²) in [6.45, 7) is 2.94. The molecule has 1 N–H and O–H groups in total. The van der Waals surface area contributed by atoms with Crippen LogP contribution in [0.1, 0.15) is 25.7 Å². The Morgan fingerprint density at radius 2 is 1.92 bits per heavy atom. The number of halogens is 4. The van der Waals surface area contributed by atoms with Gasteiger partial charge in [0.1, 0.15) is 0 Å². The standard InChI is InChI=1S/C16H13ClF3NO3S/c1-8-5-11(9(2)25-8)15(23)24-7-14(22)21-13-6-10(16(18,19)20)3-4-12(13)17/h3-6H,7H2,1-2H3,(H,21,22). The fourth-order valence-corrected chi connectivity index (χ4v) is 3.10. The molecular weight excluding hydrogens is 379 g/mol. The summed E-state index contributed by atoms with van der Waals surface area (Å²) < 4.78 is 43.0. The van der Waals surface area contributed by atoms with Gasteiger partial charge >= 0.3 is 12.1 Å². The van der Waals surface area contributed by atoms with Crippen LogP contribution in [0.25, 0.3) is 0 Å². The van der Waals surface area contributed by atoms with Crippen LogP contribution in [0.2, 0.25) is 5.02 Å². The van der Waals surface area contributed by atoms with Crippen molar-refractivity contribution < 1.29 is 27.5 Å². The maximum atomic E-state index is 12.7. The Balaban J connectivity index is 2.01. The van der Waals surface area contributed by atoms with Gasteiger partial charge < -0.3 is 10.1 Å². The van der Waals surface area contributed by atoms with E-state index >= 15 is 0 Å². The highest BCUT2D eigenvalue weighted by atomic mass is 35.5. The molecule has 0 fully saturated rings. The van der Waals surface area contributed by atoms with E-state index in [2.05, 4.69) is 5.32 Å². The van der Waals surface area contributed by atoms with Crippen LogP contribution in [0.15, 0.2) is 24.3 Å². The van der Waals surface area contributed by atoms with Crippen molar-refractivity contribution in [1.82, 2.24) is 0 Å². The van der Waals surface area contributed by atoms with Gasteiger partial charge in [-0.05, 0) is 38.1 Å². The van der Waals surface area contributed by atoms with E-state index in [0.717, 1.165) is 21.9 Å². The van der Waals surface area contributed by atoms with E-state index in [-0.39, 0.29) is 10.7 Å². The van der Waals surface area contributed by atoms with E-state index in [1.165, 1.54) is 11.3 Å². The number of hydrogen-bond donors (Lipinski definition) is 1. The van der Waals surface area contributed by atoms with E-state index in [9.17, 15) is 22.8 Å². The van der Waals surface area contributed by atoms with Crippen molar-refractivity contribution >= 4 is 40.5 Å². The summed E-state index contributed by atoms with van der Waals surface area (Å²) in [6, 6.07) is 4.20. The molecule has 1 amide bonds. The molecule has 2 rings (SSSR count). The van der Waals surface area contributed by atoms with Crippen LogP contribution in [0, 0.1) is 13.8 Å². The fourth-order valence-electron chi connectivity index (χ4n) is 2.03. The van der Waals surface area contributed by atoms with Crippen molar-refractivity contribution in [2.75, 3.05) is 11.9 Å². The van der Waals surface area contributed by atoms with Crippen molar-refractivity contribution in [2.45, 2.75) is 20.0 Å². The molecule has 25 heavy (non-hydrogen) atoms. The number of aryl methyl sites for hydroxylation is 2. The van der Waals surface area contributed by atoms with Gasteiger partial charge in [-0.15, -0.1) is 11.3 Å². The number of thiophene rings is 1. The van der Waals surface area contributed by atoms with Gasteiger partial charge in [-0.2, -0.15) is 13.2 Å². The van der Waals surface area contributed by atoms with Gasteiger partial charge in [0.25, 0.3) is 5.91 Å². The summed E-state index contributed by atoms with van der Waals surface area (Å²) in [5.41, 5.74) is -0.805. The number of benzene rings is 1. The molecule has 134 valence electrons. The number of amides is 1. The third-order valence-corrected chi connectivity index (χ3v) is 4.46. The smallest absolute Gasteiger partial charge is 0.416 e. The molecule has 0 aliphatic rings. The van der Waals surface area contributed by atoms with Crippen LogP contribution in [0.3, 0.4) is 0 Å². The Morgan fingerprint density at radius 3 is 2.48 bits per heavy atom. The van der Waals surface area contributed by atoms with Crippen molar-refractivity contribution in [3.8, 4) is 0 Å². The number of rotatable bonds is 4. The van der Waals surface area contributed by atoms with Gasteiger partial charge in [-0.3, -0.25) is 4.79 Å². The molecule has 1 heterocycles. The monoisotopic (exact) mass is 391 g/mol. The molecule has 0 aliphatic heterocycles. The third kappa shape index (κ3) is 4.96. The number of alkyl halides is 3. The van der Waals surface area contributed by atoms with Crippen LogP contribution in [-0.4, -0.2) is 18.5 Å². The van der Waals surface area contributed by atoms with Gasteiger partial charge in [0.2, 0.25) is 0 Å². The van der Waals surface area contributed by atoms with Crippen LogP contribution in [0.5, 0.6) is 0 Å². The summed E-state index contributed by atoms with van der Waals surface area (Å²) in [5.74, 6) is -1.47. The number of carbonyl (C=O) groups is 2. The maximum absolute atomic E-state index is 12.7. The number of ether oxygens (including phenoxy) is 1. The average Bonchev–Trinajstić information content (AvgIpc) is 2.84. The zero-order valence-electron chi connectivity index (χ0n) is 13.2. The van der Waals surface area contributed by atoms with Crippen LogP contribution in [-0.2, 0) is 15.7 Å². The Kier molecular flexibility index (Phi) is 5.74. The first-order valence-electron chi connectivity index (χ1n) is 6.98. The second-order valence-corrected chi connectivity index (χ2v) is 7.01. The molecule has 0 radical (unpaired) electrons. The van der Waals surface area contributed by atoms with E-state index in [0.29, 0.717) is 11.6 Å².